The van der Waals surface area contributed by atoms with Gasteiger partial charge in [-0.25, -0.2) is 19.4 Å². The Bertz CT molecular complexity index is 1770. The van der Waals surface area contributed by atoms with E-state index >= 15 is 0 Å². The van der Waals surface area contributed by atoms with Crippen molar-refractivity contribution in [1.29, 1.82) is 0 Å². The number of nitrogens with one attached hydrogen (secondary N) is 2. The van der Waals surface area contributed by atoms with E-state index in [1.165, 1.54) is 0 Å². The number of aromatic nitrogens is 4. The van der Waals surface area contributed by atoms with Crippen LogP contribution in [-0.4, -0.2) is 77.7 Å². The maximum atomic E-state index is 12.8. The zero-order valence-electron chi connectivity index (χ0n) is 28.7. The third kappa shape index (κ3) is 7.02. The Kier molecular flexibility index (Phi) is 9.18. The molecule has 4 heterocycles. The SMILES string of the molecule is CNC(=O)C1CCN(c2nn(Cc3ccc(OC)cc3)c3nc(N4CCC(C)(CNC(=O)OC(C)(C)C)CC4)cnc23)c2ccccc21. The van der Waals surface area contributed by atoms with Crippen LogP contribution in [0.25, 0.3) is 11.2 Å². The number of ether oxygens (including phenoxy) is 2. The first-order chi connectivity index (χ1) is 23.0. The first-order valence-corrected chi connectivity index (χ1v) is 16.6. The van der Waals surface area contributed by atoms with E-state index in [0.717, 1.165) is 60.1 Å². The van der Waals surface area contributed by atoms with Gasteiger partial charge >= 0.3 is 6.09 Å². The number of methoxy groups -OCH3 is 1. The number of alkyl carbamates (subject to hydrolysis) is 1. The molecule has 1 atom stereocenters. The Morgan fingerprint density at radius 3 is 2.46 bits per heavy atom. The summed E-state index contributed by atoms with van der Waals surface area (Å²) in [6, 6.07) is 16.0. The topological polar surface area (TPSA) is 127 Å². The molecule has 0 radical (unpaired) electrons. The largest absolute Gasteiger partial charge is 0.497 e. The molecule has 1 unspecified atom stereocenters. The number of benzene rings is 2. The average Bonchev–Trinajstić information content (AvgIpc) is 3.43. The summed E-state index contributed by atoms with van der Waals surface area (Å²) in [6.07, 6.45) is 3.88. The van der Waals surface area contributed by atoms with E-state index in [2.05, 4.69) is 27.4 Å². The fraction of sp³-hybridized carbons (Fsp3) is 0.472. The van der Waals surface area contributed by atoms with E-state index in [1.807, 2.05) is 80.2 Å². The highest BCUT2D eigenvalue weighted by atomic mass is 16.6. The van der Waals surface area contributed by atoms with E-state index in [9.17, 15) is 9.59 Å². The fourth-order valence-corrected chi connectivity index (χ4v) is 6.55. The monoisotopic (exact) mass is 654 g/mol. The number of rotatable bonds is 8. The van der Waals surface area contributed by atoms with Crippen molar-refractivity contribution >= 4 is 40.5 Å². The van der Waals surface area contributed by atoms with Crippen molar-refractivity contribution in [2.75, 3.05) is 50.1 Å². The molecule has 254 valence electrons. The lowest BCUT2D eigenvalue weighted by atomic mass is 9.80. The number of piperidine rings is 1. The molecule has 2 aliphatic heterocycles. The lowest BCUT2D eigenvalue weighted by Crippen LogP contribution is -2.46. The molecule has 2 amide bonds. The van der Waals surface area contributed by atoms with E-state index < -0.39 is 5.60 Å². The first kappa shape index (κ1) is 33.0. The molecule has 6 rings (SSSR count). The molecule has 12 heteroatoms. The zero-order valence-corrected chi connectivity index (χ0v) is 28.7. The summed E-state index contributed by atoms with van der Waals surface area (Å²) in [5.74, 6) is 2.10. The summed E-state index contributed by atoms with van der Waals surface area (Å²) >= 11 is 0. The fourth-order valence-electron chi connectivity index (χ4n) is 6.55. The van der Waals surface area contributed by atoms with Crippen LogP contribution in [0.3, 0.4) is 0 Å². The second kappa shape index (κ2) is 13.3. The summed E-state index contributed by atoms with van der Waals surface area (Å²) in [4.78, 5) is 39.7. The second-order valence-corrected chi connectivity index (χ2v) is 14.0. The van der Waals surface area contributed by atoms with E-state index in [4.69, 9.17) is 24.5 Å². The van der Waals surface area contributed by atoms with Crippen LogP contribution >= 0.6 is 0 Å². The minimum absolute atomic E-state index is 0.0136. The van der Waals surface area contributed by atoms with Gasteiger partial charge in [0.1, 0.15) is 17.2 Å². The number of nitrogens with zero attached hydrogens (tertiary/aromatic N) is 6. The minimum atomic E-state index is -0.531. The van der Waals surface area contributed by atoms with Gasteiger partial charge in [-0.05, 0) is 74.8 Å². The summed E-state index contributed by atoms with van der Waals surface area (Å²) in [5, 5.41) is 10.9. The number of amides is 2. The summed E-state index contributed by atoms with van der Waals surface area (Å²) in [6.45, 7) is 11.0. The molecule has 0 spiro atoms. The lowest BCUT2D eigenvalue weighted by Gasteiger charge is -2.40. The summed E-state index contributed by atoms with van der Waals surface area (Å²) < 4.78 is 12.7. The number of fused-ring (bicyclic) bond motifs is 2. The third-order valence-electron chi connectivity index (χ3n) is 9.32. The minimum Gasteiger partial charge on any atom is -0.497 e. The van der Waals surface area contributed by atoms with Gasteiger partial charge in [0, 0.05) is 38.9 Å². The maximum Gasteiger partial charge on any atom is 0.407 e. The van der Waals surface area contributed by atoms with Crippen LogP contribution in [0.1, 0.15) is 64.0 Å². The molecule has 0 saturated carbocycles. The number of hydrogen-bond donors (Lipinski definition) is 2. The highest BCUT2D eigenvalue weighted by molar-refractivity contribution is 5.91. The van der Waals surface area contributed by atoms with Gasteiger partial charge in [0.05, 0.1) is 25.8 Å². The van der Waals surface area contributed by atoms with Crippen LogP contribution < -0.4 is 25.2 Å². The molecule has 48 heavy (non-hydrogen) atoms. The molecule has 0 aliphatic carbocycles. The molecule has 4 aromatic rings. The van der Waals surface area contributed by atoms with Crippen molar-refractivity contribution in [1.82, 2.24) is 30.4 Å². The van der Waals surface area contributed by atoms with Gasteiger partial charge in [0.25, 0.3) is 0 Å². The van der Waals surface area contributed by atoms with Crippen LogP contribution in [-0.2, 0) is 16.1 Å². The smallest absolute Gasteiger partial charge is 0.407 e. The number of carbonyl (C=O) groups excluding carboxylic acids is 2. The number of likely N-dealkylation sites (N-methyl/N-ethyl adjacent to an activating group) is 1. The van der Waals surface area contributed by atoms with Gasteiger partial charge in [-0.2, -0.15) is 5.10 Å². The molecule has 1 saturated heterocycles. The van der Waals surface area contributed by atoms with Gasteiger partial charge < -0.3 is 29.9 Å². The van der Waals surface area contributed by atoms with Crippen LogP contribution in [0.5, 0.6) is 5.75 Å². The zero-order chi connectivity index (χ0) is 34.1. The van der Waals surface area contributed by atoms with Gasteiger partial charge in [-0.3, -0.25) is 4.79 Å². The quantitative estimate of drug-likeness (QED) is 0.257. The summed E-state index contributed by atoms with van der Waals surface area (Å²) in [7, 11) is 3.34. The Balaban J connectivity index is 1.29. The van der Waals surface area contributed by atoms with Crippen molar-refractivity contribution in [2.45, 2.75) is 65.0 Å². The van der Waals surface area contributed by atoms with Crippen molar-refractivity contribution in [3.8, 4) is 5.75 Å². The van der Waals surface area contributed by atoms with Crippen molar-refractivity contribution in [3.63, 3.8) is 0 Å². The molecular weight excluding hydrogens is 608 g/mol. The molecule has 0 bridgehead atoms. The van der Waals surface area contributed by atoms with E-state index in [-0.39, 0.29) is 23.3 Å². The van der Waals surface area contributed by atoms with Crippen LogP contribution in [0.4, 0.5) is 22.1 Å². The Morgan fingerprint density at radius 1 is 1.04 bits per heavy atom. The highest BCUT2D eigenvalue weighted by Gasteiger charge is 2.34. The molecule has 12 nitrogen and oxygen atoms in total. The Hall–Kier alpha value is -4.87. The Labute approximate surface area is 281 Å². The van der Waals surface area contributed by atoms with E-state index in [1.54, 1.807) is 14.2 Å². The van der Waals surface area contributed by atoms with Crippen LogP contribution in [0.15, 0.2) is 54.7 Å². The van der Waals surface area contributed by atoms with Crippen molar-refractivity contribution in [2.24, 2.45) is 5.41 Å². The number of para-hydroxylation sites is 1. The third-order valence-corrected chi connectivity index (χ3v) is 9.32. The second-order valence-electron chi connectivity index (χ2n) is 14.0. The maximum absolute atomic E-state index is 12.8. The van der Waals surface area contributed by atoms with Crippen molar-refractivity contribution in [3.05, 3.63) is 65.9 Å². The Morgan fingerprint density at radius 2 is 1.77 bits per heavy atom. The highest BCUT2D eigenvalue weighted by Crippen LogP contribution is 2.41. The number of anilines is 3. The lowest BCUT2D eigenvalue weighted by molar-refractivity contribution is -0.122. The number of carbonyl (C=O) groups is 2. The predicted octanol–water partition coefficient (Wildman–Crippen LogP) is 5.39. The molecule has 1 fully saturated rings. The standard InChI is InChI=1S/C36H46N8O4/c1-35(2,3)48-34(46)39-23-36(4)16-19-42(20-17-36)29-21-38-30-31(40-29)44(22-24-11-13-25(47-6)14-12-24)41-32(30)43-18-15-27(33(45)37-5)26-9-7-8-10-28(26)43/h7-14,21,27H,15-20,22-23H2,1-6H3,(H,37,45)(H,39,46). The molecule has 2 aromatic carbocycles. The average molecular weight is 655 g/mol. The normalized spacial score (nSPS) is 17.5. The molecule has 2 aliphatic rings. The summed E-state index contributed by atoms with van der Waals surface area (Å²) in [5.41, 5.74) is 3.81. The van der Waals surface area contributed by atoms with Crippen molar-refractivity contribution < 1.29 is 19.1 Å². The van der Waals surface area contributed by atoms with Crippen LogP contribution in [0.2, 0.25) is 0 Å². The number of hydrogen-bond acceptors (Lipinski definition) is 9. The first-order valence-electron chi connectivity index (χ1n) is 16.6. The molecule has 2 N–H and O–H groups in total. The molecular formula is C36H46N8O4. The van der Waals surface area contributed by atoms with Gasteiger partial charge in [-0.1, -0.05) is 37.3 Å². The van der Waals surface area contributed by atoms with Gasteiger partial charge in [0.2, 0.25) is 5.91 Å². The predicted molar refractivity (Wildman–Crippen MR) is 186 cm³/mol. The van der Waals surface area contributed by atoms with Crippen LogP contribution in [0, 0.1) is 5.41 Å². The van der Waals surface area contributed by atoms with Gasteiger partial charge in [-0.15, -0.1) is 0 Å². The molecule has 2 aromatic heterocycles. The van der Waals surface area contributed by atoms with Gasteiger partial charge in [0.15, 0.2) is 17.0 Å². The van der Waals surface area contributed by atoms with E-state index in [0.29, 0.717) is 37.2 Å².